The zero-order chi connectivity index (χ0) is 20.2. The molecule has 0 spiro atoms. The first-order valence-electron chi connectivity index (χ1n) is 9.38. The standard InChI is InChI=1S/C23H20N2O4/c26-18(9-8-16-5-2-1-3-6-16)20-21(19-7-4-14-29-19)25(23(28)22(20)27)15-17-10-12-24-13-11-17/h1-7,10-14,21,27H,8-9,15H2. The monoisotopic (exact) mass is 388 g/mol. The van der Waals surface area contributed by atoms with Crippen molar-refractivity contribution in [2.75, 3.05) is 0 Å². The summed E-state index contributed by atoms with van der Waals surface area (Å²) < 4.78 is 5.52. The van der Waals surface area contributed by atoms with E-state index in [9.17, 15) is 14.7 Å². The topological polar surface area (TPSA) is 83.6 Å². The fourth-order valence-electron chi connectivity index (χ4n) is 3.57. The molecule has 1 aliphatic heterocycles. The van der Waals surface area contributed by atoms with E-state index in [2.05, 4.69) is 4.98 Å². The van der Waals surface area contributed by atoms with Crippen LogP contribution < -0.4 is 0 Å². The van der Waals surface area contributed by atoms with Crippen LogP contribution in [0.4, 0.5) is 0 Å². The second kappa shape index (κ2) is 8.14. The number of hydrogen-bond donors (Lipinski definition) is 1. The fraction of sp³-hybridized carbons (Fsp3) is 0.174. The van der Waals surface area contributed by atoms with Crippen molar-refractivity contribution in [2.45, 2.75) is 25.4 Å². The lowest BCUT2D eigenvalue weighted by atomic mass is 9.96. The predicted octanol–water partition coefficient (Wildman–Crippen LogP) is 3.77. The van der Waals surface area contributed by atoms with E-state index in [0.717, 1.165) is 11.1 Å². The molecule has 0 radical (unpaired) electrons. The maximum Gasteiger partial charge on any atom is 0.290 e. The van der Waals surface area contributed by atoms with Gasteiger partial charge in [0.15, 0.2) is 11.5 Å². The second-order valence-corrected chi connectivity index (χ2v) is 6.88. The highest BCUT2D eigenvalue weighted by atomic mass is 16.3. The van der Waals surface area contributed by atoms with E-state index >= 15 is 0 Å². The Morgan fingerprint density at radius 3 is 2.48 bits per heavy atom. The molecule has 2 aromatic heterocycles. The van der Waals surface area contributed by atoms with Crippen molar-refractivity contribution in [3.8, 4) is 0 Å². The lowest BCUT2D eigenvalue weighted by molar-refractivity contribution is -0.130. The zero-order valence-corrected chi connectivity index (χ0v) is 15.7. The van der Waals surface area contributed by atoms with Gasteiger partial charge in [0.05, 0.1) is 11.8 Å². The summed E-state index contributed by atoms with van der Waals surface area (Å²) in [7, 11) is 0. The summed E-state index contributed by atoms with van der Waals surface area (Å²) in [5.74, 6) is -0.900. The number of carbonyl (C=O) groups is 2. The Bertz CT molecular complexity index is 1030. The van der Waals surface area contributed by atoms with Crippen molar-refractivity contribution in [1.29, 1.82) is 0 Å². The Morgan fingerprint density at radius 2 is 1.79 bits per heavy atom. The van der Waals surface area contributed by atoms with E-state index in [1.54, 1.807) is 36.7 Å². The van der Waals surface area contributed by atoms with Crippen molar-refractivity contribution in [1.82, 2.24) is 9.88 Å². The number of hydrogen-bond acceptors (Lipinski definition) is 5. The molecule has 4 rings (SSSR count). The maximum absolute atomic E-state index is 13.0. The van der Waals surface area contributed by atoms with E-state index in [0.29, 0.717) is 12.2 Å². The molecule has 6 nitrogen and oxygen atoms in total. The van der Waals surface area contributed by atoms with Gasteiger partial charge in [-0.05, 0) is 41.8 Å². The Labute approximate surface area is 168 Å². The highest BCUT2D eigenvalue weighted by molar-refractivity contribution is 6.08. The number of aliphatic hydroxyl groups is 1. The number of ketones is 1. The Morgan fingerprint density at radius 1 is 1.03 bits per heavy atom. The van der Waals surface area contributed by atoms with Gasteiger partial charge in [0.25, 0.3) is 5.91 Å². The van der Waals surface area contributed by atoms with Crippen molar-refractivity contribution in [3.05, 3.63) is 101 Å². The van der Waals surface area contributed by atoms with Crippen molar-refractivity contribution in [3.63, 3.8) is 0 Å². The molecule has 1 unspecified atom stereocenters. The van der Waals surface area contributed by atoms with Crippen LogP contribution in [0.1, 0.15) is 29.3 Å². The highest BCUT2D eigenvalue weighted by Gasteiger charge is 2.44. The minimum absolute atomic E-state index is 0.0925. The first-order valence-corrected chi connectivity index (χ1v) is 9.38. The van der Waals surface area contributed by atoms with Gasteiger partial charge in [0, 0.05) is 25.4 Å². The molecule has 1 atom stereocenters. The van der Waals surface area contributed by atoms with E-state index in [1.165, 1.54) is 11.2 Å². The van der Waals surface area contributed by atoms with Crippen LogP contribution >= 0.6 is 0 Å². The third-order valence-corrected chi connectivity index (χ3v) is 5.00. The number of furan rings is 1. The highest BCUT2D eigenvalue weighted by Crippen LogP contribution is 2.39. The molecular weight excluding hydrogens is 368 g/mol. The van der Waals surface area contributed by atoms with Crippen LogP contribution in [0.3, 0.4) is 0 Å². The van der Waals surface area contributed by atoms with E-state index in [4.69, 9.17) is 4.42 Å². The molecule has 1 N–H and O–H groups in total. The Hall–Kier alpha value is -3.67. The number of rotatable bonds is 7. The summed E-state index contributed by atoms with van der Waals surface area (Å²) in [5.41, 5.74) is 1.96. The summed E-state index contributed by atoms with van der Waals surface area (Å²) in [6.45, 7) is 0.228. The van der Waals surface area contributed by atoms with Gasteiger partial charge in [-0.3, -0.25) is 14.6 Å². The van der Waals surface area contributed by atoms with Crippen LogP contribution in [-0.4, -0.2) is 26.7 Å². The van der Waals surface area contributed by atoms with Crippen molar-refractivity contribution in [2.24, 2.45) is 0 Å². The third kappa shape index (κ3) is 3.82. The van der Waals surface area contributed by atoms with Gasteiger partial charge in [-0.25, -0.2) is 0 Å². The quantitative estimate of drug-likeness (QED) is 0.666. The summed E-state index contributed by atoms with van der Waals surface area (Å²) in [6, 6.07) is 15.9. The lowest BCUT2D eigenvalue weighted by Gasteiger charge is -2.25. The predicted molar refractivity (Wildman–Crippen MR) is 106 cm³/mol. The van der Waals surface area contributed by atoms with Crippen LogP contribution in [0, 0.1) is 0 Å². The molecule has 1 aliphatic rings. The number of benzene rings is 1. The molecule has 3 aromatic rings. The van der Waals surface area contributed by atoms with Crippen LogP contribution in [0.15, 0.2) is 89.0 Å². The second-order valence-electron chi connectivity index (χ2n) is 6.88. The first kappa shape index (κ1) is 18.7. The third-order valence-electron chi connectivity index (χ3n) is 5.00. The van der Waals surface area contributed by atoms with E-state index in [-0.39, 0.29) is 24.3 Å². The smallest absolute Gasteiger partial charge is 0.290 e. The lowest BCUT2D eigenvalue weighted by Crippen LogP contribution is -2.30. The van der Waals surface area contributed by atoms with Gasteiger partial charge in [-0.15, -0.1) is 0 Å². The van der Waals surface area contributed by atoms with Gasteiger partial charge in [-0.2, -0.15) is 0 Å². The number of aryl methyl sites for hydroxylation is 1. The van der Waals surface area contributed by atoms with Crippen LogP contribution in [-0.2, 0) is 22.6 Å². The summed E-state index contributed by atoms with van der Waals surface area (Å²) in [4.78, 5) is 31.3. The first-order chi connectivity index (χ1) is 14.1. The number of amides is 1. The summed E-state index contributed by atoms with van der Waals surface area (Å²) >= 11 is 0. The fourth-order valence-corrected chi connectivity index (χ4v) is 3.57. The molecular formula is C23H20N2O4. The van der Waals surface area contributed by atoms with Gasteiger partial charge in [0.2, 0.25) is 0 Å². The van der Waals surface area contributed by atoms with E-state index < -0.39 is 17.7 Å². The molecule has 29 heavy (non-hydrogen) atoms. The minimum atomic E-state index is -0.756. The SMILES string of the molecule is O=C(CCc1ccccc1)C1=C(O)C(=O)N(Cc2ccncc2)C1c1ccco1. The zero-order valence-electron chi connectivity index (χ0n) is 15.7. The number of nitrogens with zero attached hydrogens (tertiary/aromatic N) is 2. The number of aromatic nitrogens is 1. The minimum Gasteiger partial charge on any atom is -0.503 e. The molecule has 0 fully saturated rings. The van der Waals surface area contributed by atoms with Gasteiger partial charge in [0.1, 0.15) is 11.8 Å². The van der Waals surface area contributed by atoms with Gasteiger partial charge >= 0.3 is 0 Å². The number of carbonyl (C=O) groups excluding carboxylic acids is 2. The summed E-state index contributed by atoms with van der Waals surface area (Å²) in [6.07, 6.45) is 5.48. The average Bonchev–Trinajstić information content (AvgIpc) is 3.36. The molecule has 0 saturated heterocycles. The normalized spacial score (nSPS) is 16.5. The number of aliphatic hydroxyl groups excluding tert-OH is 1. The molecule has 6 heteroatoms. The van der Waals surface area contributed by atoms with E-state index in [1.807, 2.05) is 30.3 Å². The van der Waals surface area contributed by atoms with Crippen molar-refractivity contribution >= 4 is 11.7 Å². The van der Waals surface area contributed by atoms with Crippen LogP contribution in [0.5, 0.6) is 0 Å². The maximum atomic E-state index is 13.0. The number of Topliss-reactive ketones (excluding diaryl/α,β-unsaturated/α-hetero) is 1. The largest absolute Gasteiger partial charge is 0.503 e. The molecule has 3 heterocycles. The number of pyridine rings is 1. The molecule has 1 aromatic carbocycles. The van der Waals surface area contributed by atoms with Gasteiger partial charge < -0.3 is 14.4 Å². The van der Waals surface area contributed by atoms with Crippen LogP contribution in [0.2, 0.25) is 0 Å². The van der Waals surface area contributed by atoms with Gasteiger partial charge in [-0.1, -0.05) is 30.3 Å². The molecule has 1 amide bonds. The molecule has 146 valence electrons. The Balaban J connectivity index is 1.62. The molecule has 0 aliphatic carbocycles. The molecule has 0 saturated carbocycles. The van der Waals surface area contributed by atoms with Crippen LogP contribution in [0.25, 0.3) is 0 Å². The summed E-state index contributed by atoms with van der Waals surface area (Å²) in [5, 5.41) is 10.6. The molecule has 0 bridgehead atoms. The van der Waals surface area contributed by atoms with Crippen molar-refractivity contribution < 1.29 is 19.1 Å². The Kier molecular flexibility index (Phi) is 5.24. The average molecular weight is 388 g/mol.